The topological polar surface area (TPSA) is 58.9 Å². The van der Waals surface area contributed by atoms with E-state index in [0.717, 1.165) is 26.3 Å². The third-order valence-corrected chi connectivity index (χ3v) is 7.07. The van der Waals surface area contributed by atoms with Crippen LogP contribution in [0.15, 0.2) is 18.2 Å². The maximum Gasteiger partial charge on any atom is 0.417 e. The summed E-state index contributed by atoms with van der Waals surface area (Å²) in [5.74, 6) is -0.981. The SMILES string of the molecule is CC.CC.CC.CC.COC(=O)c1cc(C2CCN(C(=O)CC(C)OCC34CCN3C4)CC2)ccc1C(F)(F)F. The normalized spacial score (nSPS) is 21.5. The van der Waals surface area contributed by atoms with Crippen LogP contribution in [0.5, 0.6) is 0 Å². The second-order valence-electron chi connectivity index (χ2n) is 9.17. The number of esters is 1. The van der Waals surface area contributed by atoms with Crippen LogP contribution in [0.4, 0.5) is 13.2 Å². The predicted octanol–water partition coefficient (Wildman–Crippen LogP) is 7.56. The number of fused-ring (bicyclic) bond motifs is 1. The van der Waals surface area contributed by atoms with Gasteiger partial charge in [-0.15, -0.1) is 0 Å². The molecule has 9 heteroatoms. The molecule has 0 bridgehead atoms. The minimum absolute atomic E-state index is 0.0167. The van der Waals surface area contributed by atoms with Crippen LogP contribution in [0.1, 0.15) is 115 Å². The molecule has 0 spiro atoms. The number of nitrogens with zero attached hydrogens (tertiary/aromatic N) is 2. The number of likely N-dealkylation sites (tertiary alicyclic amines) is 1. The summed E-state index contributed by atoms with van der Waals surface area (Å²) in [6.07, 6.45) is -2.02. The number of hydrogen-bond donors (Lipinski definition) is 0. The Morgan fingerprint density at radius 1 is 1.00 bits per heavy atom. The molecular weight excluding hydrogens is 521 g/mol. The van der Waals surface area contributed by atoms with E-state index in [-0.39, 0.29) is 23.5 Å². The Kier molecular flexibility index (Phi) is 17.4. The monoisotopic (exact) mass is 574 g/mol. The van der Waals surface area contributed by atoms with Crippen molar-refractivity contribution < 1.29 is 32.2 Å². The first-order chi connectivity index (χ1) is 19.1. The molecule has 3 aliphatic heterocycles. The summed E-state index contributed by atoms with van der Waals surface area (Å²) in [5.41, 5.74) is -0.552. The molecule has 1 amide bonds. The highest BCUT2D eigenvalue weighted by Gasteiger charge is 2.59. The lowest BCUT2D eigenvalue weighted by Crippen LogP contribution is -2.41. The fourth-order valence-corrected chi connectivity index (χ4v) is 4.81. The molecule has 232 valence electrons. The van der Waals surface area contributed by atoms with E-state index in [4.69, 9.17) is 4.74 Å². The van der Waals surface area contributed by atoms with Crippen molar-refractivity contribution in [3.05, 3.63) is 34.9 Å². The van der Waals surface area contributed by atoms with Gasteiger partial charge in [0, 0.05) is 26.2 Å². The lowest BCUT2D eigenvalue weighted by molar-refractivity contribution is -0.138. The summed E-state index contributed by atoms with van der Waals surface area (Å²) < 4.78 is 50.2. The van der Waals surface area contributed by atoms with Crippen molar-refractivity contribution in [1.82, 2.24) is 9.80 Å². The number of halogens is 3. The van der Waals surface area contributed by atoms with E-state index < -0.39 is 23.3 Å². The summed E-state index contributed by atoms with van der Waals surface area (Å²) in [5, 5.41) is 0. The van der Waals surface area contributed by atoms with Crippen LogP contribution in [0.3, 0.4) is 0 Å². The minimum Gasteiger partial charge on any atom is -0.465 e. The van der Waals surface area contributed by atoms with Gasteiger partial charge in [-0.3, -0.25) is 9.69 Å². The van der Waals surface area contributed by atoms with E-state index in [1.165, 1.54) is 18.6 Å². The second-order valence-corrected chi connectivity index (χ2v) is 9.17. The van der Waals surface area contributed by atoms with Crippen LogP contribution < -0.4 is 0 Å². The Hall–Kier alpha value is -2.13. The predicted molar refractivity (Wildman–Crippen MR) is 156 cm³/mol. The lowest BCUT2D eigenvalue weighted by atomic mass is 9.87. The highest BCUT2D eigenvalue weighted by Crippen LogP contribution is 2.45. The number of carbonyl (C=O) groups is 2. The maximum absolute atomic E-state index is 13.2. The van der Waals surface area contributed by atoms with Gasteiger partial charge in [-0.1, -0.05) is 61.5 Å². The van der Waals surface area contributed by atoms with Crippen molar-refractivity contribution >= 4 is 11.9 Å². The Morgan fingerprint density at radius 2 is 1.57 bits per heavy atom. The molecule has 3 aliphatic rings. The van der Waals surface area contributed by atoms with Crippen LogP contribution in [-0.4, -0.2) is 73.2 Å². The molecule has 3 atom stereocenters. The number of benzene rings is 1. The molecule has 3 fully saturated rings. The zero-order valence-electron chi connectivity index (χ0n) is 26.4. The van der Waals surface area contributed by atoms with Gasteiger partial charge in [0.25, 0.3) is 0 Å². The van der Waals surface area contributed by atoms with Gasteiger partial charge in [0.2, 0.25) is 5.91 Å². The number of piperidine rings is 1. The van der Waals surface area contributed by atoms with Gasteiger partial charge < -0.3 is 14.4 Å². The Balaban J connectivity index is 0.00000175. The third kappa shape index (κ3) is 10.1. The van der Waals surface area contributed by atoms with E-state index in [9.17, 15) is 22.8 Å². The van der Waals surface area contributed by atoms with Gasteiger partial charge in [-0.05, 0) is 49.8 Å². The lowest BCUT2D eigenvalue weighted by Gasteiger charge is -2.33. The number of alkyl halides is 3. The quantitative estimate of drug-likeness (QED) is 0.249. The fourth-order valence-electron chi connectivity index (χ4n) is 4.81. The highest BCUT2D eigenvalue weighted by molar-refractivity contribution is 5.91. The fraction of sp³-hybridized carbons (Fsp3) is 0.742. The molecule has 0 saturated carbocycles. The van der Waals surface area contributed by atoms with E-state index in [1.807, 2.05) is 62.3 Å². The van der Waals surface area contributed by atoms with Gasteiger partial charge in [-0.25, -0.2) is 4.79 Å². The van der Waals surface area contributed by atoms with Crippen molar-refractivity contribution in [2.45, 2.75) is 112 Å². The van der Waals surface area contributed by atoms with Crippen LogP contribution in [0, 0.1) is 0 Å². The summed E-state index contributed by atoms with van der Waals surface area (Å²) in [4.78, 5) is 28.7. The Labute approximate surface area is 240 Å². The average Bonchev–Trinajstić information content (AvgIpc) is 3.53. The van der Waals surface area contributed by atoms with Crippen molar-refractivity contribution in [3.63, 3.8) is 0 Å². The number of ether oxygens (including phenoxy) is 2. The molecule has 40 heavy (non-hydrogen) atoms. The zero-order valence-corrected chi connectivity index (χ0v) is 26.4. The Morgan fingerprint density at radius 3 is 2.00 bits per heavy atom. The van der Waals surface area contributed by atoms with Crippen molar-refractivity contribution in [2.24, 2.45) is 0 Å². The average molecular weight is 575 g/mol. The minimum atomic E-state index is -4.63. The van der Waals surface area contributed by atoms with Crippen molar-refractivity contribution in [1.29, 1.82) is 0 Å². The van der Waals surface area contributed by atoms with Gasteiger partial charge in [0.1, 0.15) is 0 Å². The molecule has 0 aromatic heterocycles. The van der Waals surface area contributed by atoms with Crippen LogP contribution in [0.25, 0.3) is 0 Å². The first kappa shape index (κ1) is 37.9. The smallest absolute Gasteiger partial charge is 0.417 e. The largest absolute Gasteiger partial charge is 0.465 e. The molecule has 6 nitrogen and oxygen atoms in total. The molecular formula is C31H53F3N2O4. The van der Waals surface area contributed by atoms with E-state index in [2.05, 4.69) is 9.64 Å². The number of methoxy groups -OCH3 is 1. The van der Waals surface area contributed by atoms with Crippen molar-refractivity contribution in [3.8, 4) is 0 Å². The Bertz CT molecular complexity index is 882. The van der Waals surface area contributed by atoms with E-state index in [1.54, 1.807) is 4.90 Å². The summed E-state index contributed by atoms with van der Waals surface area (Å²) in [6.45, 7) is 21.9. The summed E-state index contributed by atoms with van der Waals surface area (Å²) >= 11 is 0. The summed E-state index contributed by atoms with van der Waals surface area (Å²) in [7, 11) is 1.07. The standard InChI is InChI=1S/C23H29F3N2O4.4C2H6/c1-15(32-14-22-7-10-28(22)13-22)11-20(29)27-8-5-16(6-9-27)17-3-4-19(23(24,25)26)18(12-17)21(30)31-2;4*1-2/h3-4,12,15-16H,5-11,13-14H2,1-2H3;4*1-2H3. The molecule has 0 N–H and O–H groups in total. The van der Waals surface area contributed by atoms with Crippen LogP contribution >= 0.6 is 0 Å². The summed E-state index contributed by atoms with van der Waals surface area (Å²) in [6, 6.07) is 3.66. The van der Waals surface area contributed by atoms with E-state index >= 15 is 0 Å². The molecule has 3 unspecified atom stereocenters. The molecule has 1 aromatic rings. The van der Waals surface area contributed by atoms with Gasteiger partial charge in [0.05, 0.1) is 42.9 Å². The number of carbonyl (C=O) groups excluding carboxylic acids is 2. The van der Waals surface area contributed by atoms with E-state index in [0.29, 0.717) is 44.5 Å². The zero-order chi connectivity index (χ0) is 31.1. The molecule has 4 rings (SSSR count). The van der Waals surface area contributed by atoms with Crippen molar-refractivity contribution in [2.75, 3.05) is 39.9 Å². The molecule has 0 radical (unpaired) electrons. The molecule has 0 aliphatic carbocycles. The first-order valence-corrected chi connectivity index (χ1v) is 15.1. The van der Waals surface area contributed by atoms with Crippen LogP contribution in [0.2, 0.25) is 0 Å². The van der Waals surface area contributed by atoms with Crippen LogP contribution in [-0.2, 0) is 20.4 Å². The number of rotatable bonds is 7. The van der Waals surface area contributed by atoms with Gasteiger partial charge >= 0.3 is 12.1 Å². The highest BCUT2D eigenvalue weighted by atomic mass is 19.4. The second kappa shape index (κ2) is 18.3. The molecule has 3 heterocycles. The van der Waals surface area contributed by atoms with Gasteiger partial charge in [0.15, 0.2) is 0 Å². The maximum atomic E-state index is 13.2. The molecule has 3 saturated heterocycles. The number of hydrogen-bond acceptors (Lipinski definition) is 5. The first-order valence-electron chi connectivity index (χ1n) is 15.1. The molecule has 1 aromatic carbocycles. The third-order valence-electron chi connectivity index (χ3n) is 7.07. The van der Waals surface area contributed by atoms with Gasteiger partial charge in [-0.2, -0.15) is 13.2 Å². The number of amides is 1.